The van der Waals surface area contributed by atoms with E-state index in [0.717, 1.165) is 38.5 Å². The number of rotatable bonds is 3. The minimum Gasteiger partial charge on any atom is -0.497 e. The van der Waals surface area contributed by atoms with E-state index in [1.165, 1.54) is 5.56 Å². The Hall–Kier alpha value is -1.06. The summed E-state index contributed by atoms with van der Waals surface area (Å²) in [6.07, 6.45) is 1.05. The second-order valence-electron chi connectivity index (χ2n) is 4.20. The van der Waals surface area contributed by atoms with Crippen molar-refractivity contribution in [2.45, 2.75) is 6.42 Å². The van der Waals surface area contributed by atoms with Gasteiger partial charge in [-0.05, 0) is 30.0 Å². The SMILES string of the molecule is COc1cccc(CC2CNCCOC2)c1. The van der Waals surface area contributed by atoms with Crippen LogP contribution in [0.15, 0.2) is 24.3 Å². The van der Waals surface area contributed by atoms with Gasteiger partial charge >= 0.3 is 0 Å². The first-order chi connectivity index (χ1) is 7.88. The zero-order valence-corrected chi connectivity index (χ0v) is 9.74. The molecule has 1 fully saturated rings. The van der Waals surface area contributed by atoms with Crippen molar-refractivity contribution < 1.29 is 9.47 Å². The molecule has 1 unspecified atom stereocenters. The fourth-order valence-electron chi connectivity index (χ4n) is 2.02. The Labute approximate surface area is 96.8 Å². The maximum atomic E-state index is 5.54. The van der Waals surface area contributed by atoms with Gasteiger partial charge in [0.25, 0.3) is 0 Å². The van der Waals surface area contributed by atoms with Gasteiger partial charge in [-0.1, -0.05) is 12.1 Å². The lowest BCUT2D eigenvalue weighted by atomic mass is 10.00. The molecule has 88 valence electrons. The van der Waals surface area contributed by atoms with Crippen molar-refractivity contribution in [3.05, 3.63) is 29.8 Å². The summed E-state index contributed by atoms with van der Waals surface area (Å²) in [7, 11) is 1.70. The molecule has 3 nitrogen and oxygen atoms in total. The largest absolute Gasteiger partial charge is 0.497 e. The number of ether oxygens (including phenoxy) is 2. The van der Waals surface area contributed by atoms with E-state index in [1.54, 1.807) is 7.11 Å². The summed E-state index contributed by atoms with van der Waals surface area (Å²) in [4.78, 5) is 0. The Kier molecular flexibility index (Phi) is 4.19. The summed E-state index contributed by atoms with van der Waals surface area (Å²) < 4.78 is 10.8. The van der Waals surface area contributed by atoms with Crippen LogP contribution in [0.3, 0.4) is 0 Å². The predicted molar refractivity (Wildman–Crippen MR) is 63.9 cm³/mol. The van der Waals surface area contributed by atoms with Crippen molar-refractivity contribution in [3.8, 4) is 5.75 Å². The highest BCUT2D eigenvalue weighted by atomic mass is 16.5. The van der Waals surface area contributed by atoms with E-state index in [4.69, 9.17) is 9.47 Å². The van der Waals surface area contributed by atoms with Crippen molar-refractivity contribution in [3.63, 3.8) is 0 Å². The van der Waals surface area contributed by atoms with E-state index < -0.39 is 0 Å². The minimum absolute atomic E-state index is 0.564. The van der Waals surface area contributed by atoms with Gasteiger partial charge in [-0.2, -0.15) is 0 Å². The Balaban J connectivity index is 1.96. The van der Waals surface area contributed by atoms with Crippen molar-refractivity contribution in [2.24, 2.45) is 5.92 Å². The second kappa shape index (κ2) is 5.87. The maximum absolute atomic E-state index is 5.54. The first kappa shape index (κ1) is 11.4. The van der Waals surface area contributed by atoms with Crippen LogP contribution in [0.5, 0.6) is 5.75 Å². The topological polar surface area (TPSA) is 30.5 Å². The predicted octanol–water partition coefficient (Wildman–Crippen LogP) is 1.47. The van der Waals surface area contributed by atoms with Crippen LogP contribution in [0.2, 0.25) is 0 Å². The Morgan fingerprint density at radius 2 is 2.44 bits per heavy atom. The number of benzene rings is 1. The zero-order chi connectivity index (χ0) is 11.2. The molecule has 0 aromatic heterocycles. The van der Waals surface area contributed by atoms with Crippen LogP contribution in [0, 0.1) is 5.92 Å². The molecular formula is C13H19NO2. The Bertz CT molecular complexity index is 319. The molecule has 3 heteroatoms. The lowest BCUT2D eigenvalue weighted by Crippen LogP contribution is -2.24. The molecule has 1 heterocycles. The van der Waals surface area contributed by atoms with Gasteiger partial charge in [-0.25, -0.2) is 0 Å². The van der Waals surface area contributed by atoms with Crippen molar-refractivity contribution in [2.75, 3.05) is 33.4 Å². The molecule has 0 aliphatic carbocycles. The lowest BCUT2D eigenvalue weighted by Gasteiger charge is -2.14. The fourth-order valence-corrected chi connectivity index (χ4v) is 2.02. The molecule has 0 bridgehead atoms. The van der Waals surface area contributed by atoms with Crippen molar-refractivity contribution in [1.29, 1.82) is 0 Å². The van der Waals surface area contributed by atoms with Crippen molar-refractivity contribution >= 4 is 0 Å². The molecule has 1 atom stereocenters. The maximum Gasteiger partial charge on any atom is 0.119 e. The van der Waals surface area contributed by atoms with Crippen LogP contribution in [-0.4, -0.2) is 33.4 Å². The number of nitrogens with one attached hydrogen (secondary N) is 1. The molecular weight excluding hydrogens is 202 g/mol. The zero-order valence-electron chi connectivity index (χ0n) is 9.74. The molecule has 0 radical (unpaired) electrons. The quantitative estimate of drug-likeness (QED) is 0.838. The molecule has 1 aliphatic heterocycles. The number of hydrogen-bond donors (Lipinski definition) is 1. The number of methoxy groups -OCH3 is 1. The van der Waals surface area contributed by atoms with Gasteiger partial charge in [0.2, 0.25) is 0 Å². The van der Waals surface area contributed by atoms with Gasteiger partial charge in [0, 0.05) is 13.1 Å². The highest BCUT2D eigenvalue weighted by Crippen LogP contribution is 2.16. The van der Waals surface area contributed by atoms with Crippen LogP contribution in [0.1, 0.15) is 5.56 Å². The van der Waals surface area contributed by atoms with Crippen molar-refractivity contribution in [1.82, 2.24) is 5.32 Å². The molecule has 0 saturated carbocycles. The molecule has 0 spiro atoms. The average Bonchev–Trinajstić information content (AvgIpc) is 2.58. The standard InChI is InChI=1S/C13H19NO2/c1-15-13-4-2-3-11(8-13)7-12-9-14-5-6-16-10-12/h2-4,8,12,14H,5-7,9-10H2,1H3. The van der Waals surface area contributed by atoms with Gasteiger partial charge in [0.15, 0.2) is 0 Å². The molecule has 1 aromatic rings. The van der Waals surface area contributed by atoms with Gasteiger partial charge < -0.3 is 14.8 Å². The Morgan fingerprint density at radius 1 is 1.50 bits per heavy atom. The third-order valence-electron chi connectivity index (χ3n) is 2.87. The summed E-state index contributed by atoms with van der Waals surface area (Å²) >= 11 is 0. The number of hydrogen-bond acceptors (Lipinski definition) is 3. The van der Waals surface area contributed by atoms with E-state index in [1.807, 2.05) is 12.1 Å². The highest BCUT2D eigenvalue weighted by molar-refractivity contribution is 5.28. The summed E-state index contributed by atoms with van der Waals surface area (Å²) in [5.74, 6) is 1.50. The van der Waals surface area contributed by atoms with Crippen LogP contribution < -0.4 is 10.1 Å². The monoisotopic (exact) mass is 221 g/mol. The van der Waals surface area contributed by atoms with E-state index in [0.29, 0.717) is 5.92 Å². The summed E-state index contributed by atoms with van der Waals surface area (Å²) in [6.45, 7) is 3.69. The third-order valence-corrected chi connectivity index (χ3v) is 2.87. The normalized spacial score (nSPS) is 21.4. The van der Waals surface area contributed by atoms with Crippen LogP contribution in [0.25, 0.3) is 0 Å². The summed E-state index contributed by atoms with van der Waals surface area (Å²) in [5.41, 5.74) is 1.32. The average molecular weight is 221 g/mol. The van der Waals surface area contributed by atoms with Gasteiger partial charge in [0.05, 0.1) is 20.3 Å². The first-order valence-corrected chi connectivity index (χ1v) is 5.80. The van der Waals surface area contributed by atoms with Gasteiger partial charge in [0.1, 0.15) is 5.75 Å². The minimum atomic E-state index is 0.564. The van der Waals surface area contributed by atoms with Crippen LogP contribution in [0.4, 0.5) is 0 Å². The fraction of sp³-hybridized carbons (Fsp3) is 0.538. The molecule has 0 amide bonds. The van der Waals surface area contributed by atoms with Gasteiger partial charge in [-0.15, -0.1) is 0 Å². The first-order valence-electron chi connectivity index (χ1n) is 5.80. The van der Waals surface area contributed by atoms with E-state index in [9.17, 15) is 0 Å². The smallest absolute Gasteiger partial charge is 0.119 e. The van der Waals surface area contributed by atoms with Gasteiger partial charge in [-0.3, -0.25) is 0 Å². The second-order valence-corrected chi connectivity index (χ2v) is 4.20. The highest BCUT2D eigenvalue weighted by Gasteiger charge is 2.12. The Morgan fingerprint density at radius 3 is 3.31 bits per heavy atom. The molecule has 2 rings (SSSR count). The van der Waals surface area contributed by atoms with E-state index >= 15 is 0 Å². The summed E-state index contributed by atoms with van der Waals surface area (Å²) in [5, 5.41) is 3.39. The molecule has 1 saturated heterocycles. The molecule has 16 heavy (non-hydrogen) atoms. The molecule has 1 aromatic carbocycles. The lowest BCUT2D eigenvalue weighted by molar-refractivity contribution is 0.123. The van der Waals surface area contributed by atoms with E-state index in [-0.39, 0.29) is 0 Å². The summed E-state index contributed by atoms with van der Waals surface area (Å²) in [6, 6.07) is 8.27. The van der Waals surface area contributed by atoms with Crippen LogP contribution >= 0.6 is 0 Å². The third kappa shape index (κ3) is 3.22. The molecule has 1 N–H and O–H groups in total. The van der Waals surface area contributed by atoms with Crippen LogP contribution in [-0.2, 0) is 11.2 Å². The molecule has 1 aliphatic rings. The van der Waals surface area contributed by atoms with E-state index in [2.05, 4.69) is 17.4 Å².